The van der Waals surface area contributed by atoms with Crippen LogP contribution in [0.15, 0.2) is 6.20 Å². The van der Waals surface area contributed by atoms with Crippen LogP contribution in [0.4, 0.5) is 0 Å². The number of nitrogens with zero attached hydrogens (tertiary/aromatic N) is 3. The van der Waals surface area contributed by atoms with Crippen LogP contribution in [0, 0.1) is 3.70 Å². The zero-order valence-electron chi connectivity index (χ0n) is 8.35. The quantitative estimate of drug-likeness (QED) is 0.754. The van der Waals surface area contributed by atoms with Gasteiger partial charge in [-0.1, -0.05) is 0 Å². The minimum absolute atomic E-state index is 0.0379. The number of carbonyl (C=O) groups is 1. The molecule has 1 atom stereocenters. The van der Waals surface area contributed by atoms with E-state index < -0.39 is 0 Å². The van der Waals surface area contributed by atoms with Crippen molar-refractivity contribution in [2.24, 2.45) is 7.05 Å². The molecule has 1 aromatic rings. The summed E-state index contributed by atoms with van der Waals surface area (Å²) < 4.78 is 2.50. The molecule has 1 saturated heterocycles. The number of halogens is 1. The van der Waals surface area contributed by atoms with Gasteiger partial charge in [0.2, 0.25) is 0 Å². The number of hydrogen-bond donors (Lipinski definition) is 1. The molecular formula is C9H12IN3O2. The normalized spacial score (nSPS) is 21.0. The van der Waals surface area contributed by atoms with Crippen molar-refractivity contribution in [3.8, 4) is 0 Å². The molecule has 0 spiro atoms. The van der Waals surface area contributed by atoms with Crippen LogP contribution in [-0.4, -0.2) is 44.9 Å². The van der Waals surface area contributed by atoms with Crippen molar-refractivity contribution in [2.45, 2.75) is 12.5 Å². The van der Waals surface area contributed by atoms with Crippen molar-refractivity contribution in [2.75, 3.05) is 13.1 Å². The minimum atomic E-state index is -0.372. The van der Waals surface area contributed by atoms with E-state index in [-0.39, 0.29) is 12.0 Å². The summed E-state index contributed by atoms with van der Waals surface area (Å²) in [7, 11) is 1.80. The van der Waals surface area contributed by atoms with E-state index in [1.807, 2.05) is 0 Å². The van der Waals surface area contributed by atoms with Gasteiger partial charge >= 0.3 is 0 Å². The summed E-state index contributed by atoms with van der Waals surface area (Å²) >= 11 is 2.10. The highest BCUT2D eigenvalue weighted by atomic mass is 127. The molecule has 1 aromatic heterocycles. The first kappa shape index (κ1) is 10.9. The molecule has 1 N–H and O–H groups in total. The zero-order valence-corrected chi connectivity index (χ0v) is 10.5. The second kappa shape index (κ2) is 4.09. The fourth-order valence-corrected chi connectivity index (χ4v) is 2.16. The van der Waals surface area contributed by atoms with Crippen molar-refractivity contribution in [3.63, 3.8) is 0 Å². The Morgan fingerprint density at radius 2 is 2.47 bits per heavy atom. The van der Waals surface area contributed by atoms with Gasteiger partial charge in [-0.25, -0.2) is 0 Å². The van der Waals surface area contributed by atoms with Gasteiger partial charge in [-0.15, -0.1) is 0 Å². The van der Waals surface area contributed by atoms with Gasteiger partial charge in [0, 0.05) is 20.1 Å². The summed E-state index contributed by atoms with van der Waals surface area (Å²) in [4.78, 5) is 13.7. The Labute approximate surface area is 101 Å². The van der Waals surface area contributed by atoms with Crippen LogP contribution in [0.25, 0.3) is 0 Å². The number of rotatable bonds is 1. The van der Waals surface area contributed by atoms with Gasteiger partial charge in [-0.05, 0) is 29.0 Å². The molecule has 1 fully saturated rings. The second-order valence-corrected chi connectivity index (χ2v) is 4.69. The standard InChI is InChI=1S/C9H12IN3O2/c1-12-8(10)7(4-11-12)9(15)13-3-2-6(14)5-13/h4,6,14H,2-3,5H2,1H3. The Hall–Kier alpha value is -0.630. The number of carbonyl (C=O) groups excluding carboxylic acids is 1. The molecule has 82 valence electrons. The molecule has 0 bridgehead atoms. The maximum absolute atomic E-state index is 12.0. The first-order valence-electron chi connectivity index (χ1n) is 4.74. The average molecular weight is 321 g/mol. The third-order valence-electron chi connectivity index (χ3n) is 2.55. The molecule has 1 aliphatic rings. The van der Waals surface area contributed by atoms with Gasteiger partial charge in [0.05, 0.1) is 17.9 Å². The molecule has 0 saturated carbocycles. The van der Waals surface area contributed by atoms with Crippen LogP contribution >= 0.6 is 22.6 Å². The number of likely N-dealkylation sites (tertiary alicyclic amines) is 1. The lowest BCUT2D eigenvalue weighted by Crippen LogP contribution is -2.29. The molecule has 1 aliphatic heterocycles. The van der Waals surface area contributed by atoms with Crippen LogP contribution in [-0.2, 0) is 7.05 Å². The van der Waals surface area contributed by atoms with E-state index in [4.69, 9.17) is 0 Å². The molecule has 1 amide bonds. The summed E-state index contributed by atoms with van der Waals surface area (Å²) in [6.07, 6.45) is 1.88. The first-order valence-corrected chi connectivity index (χ1v) is 5.82. The highest BCUT2D eigenvalue weighted by Crippen LogP contribution is 2.17. The Morgan fingerprint density at radius 3 is 2.93 bits per heavy atom. The Bertz CT molecular complexity index is 391. The summed E-state index contributed by atoms with van der Waals surface area (Å²) in [5.74, 6) is -0.0379. The molecular weight excluding hydrogens is 309 g/mol. The Morgan fingerprint density at radius 1 is 1.73 bits per heavy atom. The molecule has 5 nitrogen and oxygen atoms in total. The van der Waals surface area contributed by atoms with Crippen molar-refractivity contribution in [1.29, 1.82) is 0 Å². The maximum Gasteiger partial charge on any atom is 0.258 e. The van der Waals surface area contributed by atoms with E-state index in [0.717, 1.165) is 3.70 Å². The van der Waals surface area contributed by atoms with E-state index in [0.29, 0.717) is 25.1 Å². The number of β-amino-alcohol motifs (C(OH)–C–C–N with tert-alkyl or cyclic N) is 1. The number of aliphatic hydroxyl groups is 1. The SMILES string of the molecule is Cn1ncc(C(=O)N2CCC(O)C2)c1I. The lowest BCUT2D eigenvalue weighted by atomic mass is 10.3. The average Bonchev–Trinajstić information content (AvgIpc) is 2.75. The van der Waals surface area contributed by atoms with E-state index in [1.165, 1.54) is 0 Å². The molecule has 0 radical (unpaired) electrons. The largest absolute Gasteiger partial charge is 0.391 e. The smallest absolute Gasteiger partial charge is 0.258 e. The molecule has 2 rings (SSSR count). The Kier molecular flexibility index (Phi) is 2.96. The zero-order chi connectivity index (χ0) is 11.0. The monoisotopic (exact) mass is 321 g/mol. The summed E-state index contributed by atoms with van der Waals surface area (Å²) in [6.45, 7) is 1.06. The van der Waals surface area contributed by atoms with Crippen LogP contribution < -0.4 is 0 Å². The second-order valence-electron chi connectivity index (χ2n) is 3.67. The molecule has 6 heteroatoms. The van der Waals surface area contributed by atoms with Gasteiger partial charge < -0.3 is 10.0 Å². The summed E-state index contributed by atoms with van der Waals surface area (Å²) in [5.41, 5.74) is 0.618. The molecule has 0 aliphatic carbocycles. The van der Waals surface area contributed by atoms with Crippen molar-refractivity contribution >= 4 is 28.5 Å². The molecule has 1 unspecified atom stereocenters. The minimum Gasteiger partial charge on any atom is -0.391 e. The van der Waals surface area contributed by atoms with Gasteiger partial charge in [0.1, 0.15) is 3.70 Å². The van der Waals surface area contributed by atoms with Crippen molar-refractivity contribution < 1.29 is 9.90 Å². The van der Waals surface area contributed by atoms with E-state index in [2.05, 4.69) is 27.7 Å². The van der Waals surface area contributed by atoms with Gasteiger partial charge in [0.25, 0.3) is 5.91 Å². The molecule has 0 aromatic carbocycles. The highest BCUT2D eigenvalue weighted by Gasteiger charge is 2.27. The van der Waals surface area contributed by atoms with E-state index in [1.54, 1.807) is 22.8 Å². The van der Waals surface area contributed by atoms with Crippen LogP contribution in [0.1, 0.15) is 16.8 Å². The van der Waals surface area contributed by atoms with Gasteiger partial charge in [-0.2, -0.15) is 5.10 Å². The summed E-state index contributed by atoms with van der Waals surface area (Å²) in [5, 5.41) is 13.4. The number of amides is 1. The topological polar surface area (TPSA) is 58.4 Å². The van der Waals surface area contributed by atoms with E-state index in [9.17, 15) is 9.90 Å². The number of hydrogen-bond acceptors (Lipinski definition) is 3. The molecule has 15 heavy (non-hydrogen) atoms. The van der Waals surface area contributed by atoms with Crippen LogP contribution in [0.2, 0.25) is 0 Å². The summed E-state index contributed by atoms with van der Waals surface area (Å²) in [6, 6.07) is 0. The third kappa shape index (κ3) is 2.00. The third-order valence-corrected chi connectivity index (χ3v) is 3.83. The fourth-order valence-electron chi connectivity index (χ4n) is 1.66. The van der Waals surface area contributed by atoms with Gasteiger partial charge in [0.15, 0.2) is 0 Å². The number of aliphatic hydroxyl groups excluding tert-OH is 1. The highest BCUT2D eigenvalue weighted by molar-refractivity contribution is 14.1. The van der Waals surface area contributed by atoms with Crippen molar-refractivity contribution in [3.05, 3.63) is 15.5 Å². The van der Waals surface area contributed by atoms with Crippen LogP contribution in [0.3, 0.4) is 0 Å². The van der Waals surface area contributed by atoms with Crippen LogP contribution in [0.5, 0.6) is 0 Å². The predicted octanol–water partition coefficient (Wildman–Crippen LogP) is 0.231. The first-order chi connectivity index (χ1) is 7.09. The Balaban J connectivity index is 2.18. The lowest BCUT2D eigenvalue weighted by Gasteiger charge is -2.14. The van der Waals surface area contributed by atoms with Crippen molar-refractivity contribution in [1.82, 2.24) is 14.7 Å². The number of aryl methyl sites for hydroxylation is 1. The maximum atomic E-state index is 12.0. The fraction of sp³-hybridized carbons (Fsp3) is 0.556. The van der Waals surface area contributed by atoms with E-state index >= 15 is 0 Å². The molecule has 2 heterocycles. The number of aromatic nitrogens is 2. The lowest BCUT2D eigenvalue weighted by molar-refractivity contribution is 0.0764. The van der Waals surface area contributed by atoms with Gasteiger partial charge in [-0.3, -0.25) is 9.48 Å². The predicted molar refractivity (Wildman–Crippen MR) is 62.5 cm³/mol.